The monoisotopic (exact) mass is 315 g/mol. The lowest BCUT2D eigenvalue weighted by Crippen LogP contribution is -2.39. The first-order valence-electron chi connectivity index (χ1n) is 7.62. The Kier molecular flexibility index (Phi) is 4.16. The highest BCUT2D eigenvalue weighted by Gasteiger charge is 2.30. The largest absolute Gasteiger partial charge is 0.363 e. The van der Waals surface area contributed by atoms with Crippen molar-refractivity contribution in [1.82, 2.24) is 9.88 Å². The van der Waals surface area contributed by atoms with Gasteiger partial charge in [0.05, 0.1) is 11.6 Å². The predicted molar refractivity (Wildman–Crippen MR) is 90.7 cm³/mol. The minimum absolute atomic E-state index is 0.0847. The molecule has 0 saturated carbocycles. The molecule has 3 rings (SSSR count). The summed E-state index contributed by atoms with van der Waals surface area (Å²) in [5, 5.41) is 2.13. The van der Waals surface area contributed by atoms with Gasteiger partial charge in [0.15, 0.2) is 0 Å². The molecule has 0 unspecified atom stereocenters. The Balaban J connectivity index is 1.85. The highest BCUT2D eigenvalue weighted by molar-refractivity contribution is 7.10. The minimum atomic E-state index is 0.0847. The van der Waals surface area contributed by atoms with E-state index in [4.69, 9.17) is 0 Å². The van der Waals surface area contributed by atoms with E-state index in [0.29, 0.717) is 5.56 Å². The normalized spacial score (nSPS) is 17.2. The second kappa shape index (κ2) is 6.08. The molecule has 0 N–H and O–H groups in total. The van der Waals surface area contributed by atoms with E-state index in [2.05, 4.69) is 23.4 Å². The Hall–Kier alpha value is -1.88. The molecule has 4 nitrogen and oxygen atoms in total. The van der Waals surface area contributed by atoms with Gasteiger partial charge in [-0.05, 0) is 42.0 Å². The molecule has 0 saturated heterocycles. The third-order valence-electron chi connectivity index (χ3n) is 4.20. The number of rotatable bonds is 3. The summed E-state index contributed by atoms with van der Waals surface area (Å²) >= 11 is 1.80. The first-order valence-corrected chi connectivity index (χ1v) is 8.50. The molecule has 0 aromatic carbocycles. The quantitative estimate of drug-likeness (QED) is 0.871. The number of carbonyl (C=O) groups is 1. The van der Waals surface area contributed by atoms with Crippen molar-refractivity contribution in [1.29, 1.82) is 0 Å². The second-order valence-corrected chi connectivity index (χ2v) is 6.77. The van der Waals surface area contributed by atoms with Gasteiger partial charge in [-0.25, -0.2) is 4.98 Å². The number of anilines is 1. The SMILES string of the molecule is CC[C@@H]1c2ccsc2CCN1C(=O)c1ccc(N(C)C)nc1. The zero-order valence-corrected chi connectivity index (χ0v) is 14.1. The van der Waals surface area contributed by atoms with Gasteiger partial charge in [0.25, 0.3) is 5.91 Å². The molecule has 2 aromatic rings. The Bertz CT molecular complexity index is 663. The fraction of sp³-hybridized carbons (Fsp3) is 0.412. The number of fused-ring (bicyclic) bond motifs is 1. The van der Waals surface area contributed by atoms with Gasteiger partial charge in [-0.3, -0.25) is 4.79 Å². The number of hydrogen-bond acceptors (Lipinski definition) is 4. The van der Waals surface area contributed by atoms with Crippen molar-refractivity contribution in [3.8, 4) is 0 Å². The number of hydrogen-bond donors (Lipinski definition) is 0. The molecule has 0 aliphatic carbocycles. The van der Waals surface area contributed by atoms with E-state index in [9.17, 15) is 4.79 Å². The van der Waals surface area contributed by atoms with Crippen molar-refractivity contribution in [2.24, 2.45) is 0 Å². The molecule has 5 heteroatoms. The smallest absolute Gasteiger partial charge is 0.255 e. The minimum Gasteiger partial charge on any atom is -0.363 e. The number of pyridine rings is 1. The average molecular weight is 315 g/mol. The Morgan fingerprint density at radius 1 is 1.41 bits per heavy atom. The number of thiophene rings is 1. The van der Waals surface area contributed by atoms with Crippen LogP contribution in [0.5, 0.6) is 0 Å². The first kappa shape index (κ1) is 15.0. The number of nitrogens with zero attached hydrogens (tertiary/aromatic N) is 3. The van der Waals surface area contributed by atoms with Crippen molar-refractivity contribution < 1.29 is 4.79 Å². The summed E-state index contributed by atoms with van der Waals surface area (Å²) in [6.07, 6.45) is 3.59. The van der Waals surface area contributed by atoms with Crippen molar-refractivity contribution in [3.63, 3.8) is 0 Å². The molecule has 0 radical (unpaired) electrons. The van der Waals surface area contributed by atoms with Crippen LogP contribution in [0.4, 0.5) is 5.82 Å². The predicted octanol–water partition coefficient (Wildman–Crippen LogP) is 3.36. The van der Waals surface area contributed by atoms with Gasteiger partial charge >= 0.3 is 0 Å². The molecule has 0 bridgehead atoms. The van der Waals surface area contributed by atoms with E-state index in [1.165, 1.54) is 10.4 Å². The fourth-order valence-corrected chi connectivity index (χ4v) is 3.95. The van der Waals surface area contributed by atoms with Gasteiger partial charge in [0, 0.05) is 31.7 Å². The molecule has 1 amide bonds. The van der Waals surface area contributed by atoms with Crippen molar-refractivity contribution in [3.05, 3.63) is 45.8 Å². The standard InChI is InChI=1S/C17H21N3OS/c1-4-14-13-8-10-22-15(13)7-9-20(14)17(21)12-5-6-16(18-11-12)19(2)3/h5-6,8,10-11,14H,4,7,9H2,1-3H3/t14-/m1/s1. The van der Waals surface area contributed by atoms with Crippen LogP contribution in [0, 0.1) is 0 Å². The van der Waals surface area contributed by atoms with Gasteiger partial charge in [-0.15, -0.1) is 11.3 Å². The summed E-state index contributed by atoms with van der Waals surface area (Å²) in [6.45, 7) is 2.94. The van der Waals surface area contributed by atoms with Gasteiger partial charge in [-0.1, -0.05) is 6.92 Å². The van der Waals surface area contributed by atoms with Gasteiger partial charge in [0.1, 0.15) is 5.82 Å². The van der Waals surface area contributed by atoms with Crippen molar-refractivity contribution >= 4 is 23.1 Å². The van der Waals surface area contributed by atoms with Crippen LogP contribution in [0.2, 0.25) is 0 Å². The first-order chi connectivity index (χ1) is 10.6. The number of carbonyl (C=O) groups excluding carboxylic acids is 1. The molecular weight excluding hydrogens is 294 g/mol. The molecule has 1 aliphatic rings. The molecule has 3 heterocycles. The summed E-state index contributed by atoms with van der Waals surface area (Å²) in [4.78, 5) is 22.6. The fourth-order valence-electron chi connectivity index (χ4n) is 3.02. The van der Waals surface area contributed by atoms with Crippen molar-refractivity contribution in [2.45, 2.75) is 25.8 Å². The maximum Gasteiger partial charge on any atom is 0.255 e. The van der Waals surface area contributed by atoms with Crippen LogP contribution in [0.25, 0.3) is 0 Å². The molecule has 1 atom stereocenters. The molecule has 116 valence electrons. The highest BCUT2D eigenvalue weighted by atomic mass is 32.1. The third-order valence-corrected chi connectivity index (χ3v) is 5.19. The van der Waals surface area contributed by atoms with Gasteiger partial charge in [-0.2, -0.15) is 0 Å². The third kappa shape index (κ3) is 2.61. The van der Waals surface area contributed by atoms with E-state index >= 15 is 0 Å². The molecule has 0 spiro atoms. The lowest BCUT2D eigenvalue weighted by molar-refractivity contribution is 0.0657. The lowest BCUT2D eigenvalue weighted by atomic mass is 9.97. The molecule has 1 aliphatic heterocycles. The van der Waals surface area contributed by atoms with Crippen LogP contribution < -0.4 is 4.90 Å². The molecule has 2 aromatic heterocycles. The lowest BCUT2D eigenvalue weighted by Gasteiger charge is -2.35. The van der Waals surface area contributed by atoms with Crippen LogP contribution in [0.3, 0.4) is 0 Å². The van der Waals surface area contributed by atoms with E-state index in [-0.39, 0.29) is 11.9 Å². The van der Waals surface area contributed by atoms with Gasteiger partial charge < -0.3 is 9.80 Å². The van der Waals surface area contributed by atoms with Crippen molar-refractivity contribution in [2.75, 3.05) is 25.5 Å². The van der Waals surface area contributed by atoms with Crippen LogP contribution in [0.15, 0.2) is 29.8 Å². The highest BCUT2D eigenvalue weighted by Crippen LogP contribution is 2.35. The Labute approximate surface area is 135 Å². The van der Waals surface area contributed by atoms with Gasteiger partial charge in [0.2, 0.25) is 0 Å². The summed E-state index contributed by atoms with van der Waals surface area (Å²) in [5.41, 5.74) is 1.99. The van der Waals surface area contributed by atoms with Crippen LogP contribution in [-0.4, -0.2) is 36.4 Å². The number of aromatic nitrogens is 1. The van der Waals surface area contributed by atoms with E-state index < -0.39 is 0 Å². The maximum atomic E-state index is 12.9. The van der Waals surface area contributed by atoms with E-state index in [0.717, 1.165) is 25.2 Å². The van der Waals surface area contributed by atoms with Crippen LogP contribution in [0.1, 0.15) is 40.2 Å². The van der Waals surface area contributed by atoms with Crippen LogP contribution in [-0.2, 0) is 6.42 Å². The second-order valence-electron chi connectivity index (χ2n) is 5.77. The topological polar surface area (TPSA) is 36.4 Å². The zero-order valence-electron chi connectivity index (χ0n) is 13.2. The van der Waals surface area contributed by atoms with Crippen LogP contribution >= 0.6 is 11.3 Å². The molecular formula is C17H21N3OS. The summed E-state index contributed by atoms with van der Waals surface area (Å²) in [6, 6.07) is 6.13. The molecule has 22 heavy (non-hydrogen) atoms. The average Bonchev–Trinajstić information content (AvgIpc) is 3.01. The van der Waals surface area contributed by atoms with E-state index in [1.807, 2.05) is 36.0 Å². The van der Waals surface area contributed by atoms with E-state index in [1.54, 1.807) is 17.5 Å². The summed E-state index contributed by atoms with van der Waals surface area (Å²) in [5.74, 6) is 0.948. The summed E-state index contributed by atoms with van der Waals surface area (Å²) < 4.78 is 0. The maximum absolute atomic E-state index is 12.9. The number of amides is 1. The Morgan fingerprint density at radius 3 is 2.86 bits per heavy atom. The Morgan fingerprint density at radius 2 is 2.23 bits per heavy atom. The molecule has 0 fully saturated rings. The zero-order chi connectivity index (χ0) is 15.7. The summed E-state index contributed by atoms with van der Waals surface area (Å²) in [7, 11) is 3.89.